The Hall–Kier alpha value is -1.81. The Bertz CT molecular complexity index is 565. The number of aryl methyl sites for hydroxylation is 1. The molecule has 114 valence electrons. The molecule has 0 saturated heterocycles. The maximum atomic E-state index is 5.44. The van der Waals surface area contributed by atoms with Crippen LogP contribution < -0.4 is 4.74 Å². The number of para-hydroxylation sites is 1. The van der Waals surface area contributed by atoms with Crippen LogP contribution in [-0.4, -0.2) is 34.7 Å². The molecule has 0 aliphatic carbocycles. The number of aromatic nitrogens is 2. The van der Waals surface area contributed by atoms with E-state index in [-0.39, 0.29) is 0 Å². The minimum atomic E-state index is 0.432. The van der Waals surface area contributed by atoms with Crippen molar-refractivity contribution in [1.29, 1.82) is 0 Å². The van der Waals surface area contributed by atoms with Crippen molar-refractivity contribution in [2.75, 3.05) is 14.2 Å². The number of benzene rings is 1. The molecular formula is C17H25N3O. The van der Waals surface area contributed by atoms with Crippen LogP contribution in [0.3, 0.4) is 0 Å². The molecule has 0 aliphatic heterocycles. The maximum Gasteiger partial charge on any atom is 0.122 e. The number of likely N-dealkylation sites (N-methyl/N-ethyl adjacent to an activating group) is 1. The first-order valence-electron chi connectivity index (χ1n) is 7.46. The molecule has 0 amide bonds. The Morgan fingerprint density at radius 1 is 1.33 bits per heavy atom. The van der Waals surface area contributed by atoms with Crippen molar-refractivity contribution in [1.82, 2.24) is 14.5 Å². The summed E-state index contributed by atoms with van der Waals surface area (Å²) in [4.78, 5) is 6.59. The van der Waals surface area contributed by atoms with E-state index in [1.807, 2.05) is 24.7 Å². The minimum Gasteiger partial charge on any atom is -0.496 e. The SMILES string of the molecule is CCn1cncc1CN(C)[C@H](C)Cc1ccccc1OC. The van der Waals surface area contributed by atoms with Crippen molar-refractivity contribution >= 4 is 0 Å². The van der Waals surface area contributed by atoms with Gasteiger partial charge in [0.05, 0.1) is 19.1 Å². The lowest BCUT2D eigenvalue weighted by Gasteiger charge is -2.25. The predicted molar refractivity (Wildman–Crippen MR) is 85.5 cm³/mol. The number of nitrogens with zero attached hydrogens (tertiary/aromatic N) is 3. The Labute approximate surface area is 127 Å². The fourth-order valence-corrected chi connectivity index (χ4v) is 2.52. The van der Waals surface area contributed by atoms with Crippen LogP contribution in [0.1, 0.15) is 25.1 Å². The molecule has 2 rings (SSSR count). The molecule has 1 atom stereocenters. The normalized spacial score (nSPS) is 12.6. The van der Waals surface area contributed by atoms with Gasteiger partial charge in [-0.05, 0) is 38.9 Å². The molecule has 1 aromatic heterocycles. The van der Waals surface area contributed by atoms with E-state index in [0.717, 1.165) is 25.3 Å². The molecule has 2 aromatic rings. The van der Waals surface area contributed by atoms with Gasteiger partial charge in [0.15, 0.2) is 0 Å². The highest BCUT2D eigenvalue weighted by molar-refractivity contribution is 5.33. The van der Waals surface area contributed by atoms with Gasteiger partial charge in [-0.1, -0.05) is 18.2 Å². The summed E-state index contributed by atoms with van der Waals surface area (Å²) in [7, 11) is 3.89. The largest absolute Gasteiger partial charge is 0.496 e. The van der Waals surface area contributed by atoms with Crippen molar-refractivity contribution in [3.63, 3.8) is 0 Å². The second-order valence-electron chi connectivity index (χ2n) is 5.45. The molecule has 4 nitrogen and oxygen atoms in total. The molecule has 0 unspecified atom stereocenters. The average Bonchev–Trinajstić information content (AvgIpc) is 2.94. The molecule has 1 aromatic carbocycles. The van der Waals surface area contributed by atoms with Crippen LogP contribution in [0.5, 0.6) is 5.75 Å². The van der Waals surface area contributed by atoms with Crippen LogP contribution in [0.4, 0.5) is 0 Å². The van der Waals surface area contributed by atoms with Gasteiger partial charge in [-0.2, -0.15) is 0 Å². The van der Waals surface area contributed by atoms with Crippen molar-refractivity contribution in [3.05, 3.63) is 48.0 Å². The fraction of sp³-hybridized carbons (Fsp3) is 0.471. The number of imidazole rings is 1. The first-order chi connectivity index (χ1) is 10.2. The number of hydrogen-bond acceptors (Lipinski definition) is 3. The summed E-state index contributed by atoms with van der Waals surface area (Å²) in [5, 5.41) is 0. The van der Waals surface area contributed by atoms with E-state index in [1.165, 1.54) is 11.3 Å². The van der Waals surface area contributed by atoms with E-state index < -0.39 is 0 Å². The zero-order valence-corrected chi connectivity index (χ0v) is 13.4. The number of methoxy groups -OCH3 is 1. The molecule has 4 heteroatoms. The third-order valence-corrected chi connectivity index (χ3v) is 4.01. The Kier molecular flexibility index (Phi) is 5.39. The number of rotatable bonds is 7. The van der Waals surface area contributed by atoms with Gasteiger partial charge in [-0.25, -0.2) is 4.98 Å². The second kappa shape index (κ2) is 7.27. The third kappa shape index (κ3) is 3.85. The quantitative estimate of drug-likeness (QED) is 0.784. The fourth-order valence-electron chi connectivity index (χ4n) is 2.52. The van der Waals surface area contributed by atoms with E-state index >= 15 is 0 Å². The van der Waals surface area contributed by atoms with E-state index in [4.69, 9.17) is 4.74 Å². The van der Waals surface area contributed by atoms with Crippen molar-refractivity contribution in [2.45, 2.75) is 39.4 Å². The first-order valence-corrected chi connectivity index (χ1v) is 7.46. The summed E-state index contributed by atoms with van der Waals surface area (Å²) < 4.78 is 7.62. The van der Waals surface area contributed by atoms with Gasteiger partial charge in [0, 0.05) is 25.3 Å². The van der Waals surface area contributed by atoms with Gasteiger partial charge in [0.2, 0.25) is 0 Å². The number of hydrogen-bond donors (Lipinski definition) is 0. The van der Waals surface area contributed by atoms with Gasteiger partial charge in [-0.15, -0.1) is 0 Å². The van der Waals surface area contributed by atoms with Gasteiger partial charge in [0.25, 0.3) is 0 Å². The van der Waals surface area contributed by atoms with Crippen LogP contribution >= 0.6 is 0 Å². The number of ether oxygens (including phenoxy) is 1. The topological polar surface area (TPSA) is 30.3 Å². The summed E-state index contributed by atoms with van der Waals surface area (Å²) >= 11 is 0. The van der Waals surface area contributed by atoms with E-state index in [2.05, 4.69) is 47.5 Å². The summed E-state index contributed by atoms with van der Waals surface area (Å²) in [6.45, 7) is 6.26. The standard InChI is InChI=1S/C17H25N3O/c1-5-20-13-18-11-16(20)12-19(3)14(2)10-15-8-6-7-9-17(15)21-4/h6-9,11,13-14H,5,10,12H2,1-4H3/t14-/m1/s1. The van der Waals surface area contributed by atoms with Crippen molar-refractivity contribution < 1.29 is 4.74 Å². The van der Waals surface area contributed by atoms with Crippen molar-refractivity contribution in [3.8, 4) is 5.75 Å². The highest BCUT2D eigenvalue weighted by Crippen LogP contribution is 2.20. The zero-order valence-electron chi connectivity index (χ0n) is 13.4. The smallest absolute Gasteiger partial charge is 0.122 e. The van der Waals surface area contributed by atoms with Crippen LogP contribution in [-0.2, 0) is 19.5 Å². The molecule has 0 radical (unpaired) electrons. The summed E-state index contributed by atoms with van der Waals surface area (Å²) in [5.74, 6) is 0.969. The Balaban J connectivity index is 2.01. The second-order valence-corrected chi connectivity index (χ2v) is 5.45. The summed E-state index contributed by atoms with van der Waals surface area (Å²) in [6, 6.07) is 8.67. The molecule has 0 aliphatic rings. The lowest BCUT2D eigenvalue weighted by molar-refractivity contribution is 0.240. The van der Waals surface area contributed by atoms with Crippen LogP contribution in [0.2, 0.25) is 0 Å². The lowest BCUT2D eigenvalue weighted by atomic mass is 10.1. The van der Waals surface area contributed by atoms with Crippen LogP contribution in [0, 0.1) is 0 Å². The highest BCUT2D eigenvalue weighted by atomic mass is 16.5. The Morgan fingerprint density at radius 2 is 2.10 bits per heavy atom. The molecule has 1 heterocycles. The summed E-state index contributed by atoms with van der Waals surface area (Å²) in [6.07, 6.45) is 4.82. The minimum absolute atomic E-state index is 0.432. The van der Waals surface area contributed by atoms with Gasteiger partial charge in [-0.3, -0.25) is 4.90 Å². The first kappa shape index (κ1) is 15.6. The van der Waals surface area contributed by atoms with E-state index in [0.29, 0.717) is 6.04 Å². The zero-order chi connectivity index (χ0) is 15.2. The molecule has 0 N–H and O–H groups in total. The molecule has 0 bridgehead atoms. The van der Waals surface area contributed by atoms with Gasteiger partial charge < -0.3 is 9.30 Å². The van der Waals surface area contributed by atoms with Gasteiger partial charge >= 0.3 is 0 Å². The average molecular weight is 287 g/mol. The summed E-state index contributed by atoms with van der Waals surface area (Å²) in [5.41, 5.74) is 2.51. The van der Waals surface area contributed by atoms with E-state index in [1.54, 1.807) is 7.11 Å². The monoisotopic (exact) mass is 287 g/mol. The predicted octanol–water partition coefficient (Wildman–Crippen LogP) is 2.97. The van der Waals surface area contributed by atoms with Crippen molar-refractivity contribution in [2.24, 2.45) is 0 Å². The van der Waals surface area contributed by atoms with Crippen LogP contribution in [0.15, 0.2) is 36.8 Å². The maximum absolute atomic E-state index is 5.44. The van der Waals surface area contributed by atoms with Gasteiger partial charge in [0.1, 0.15) is 5.75 Å². The third-order valence-electron chi connectivity index (χ3n) is 4.01. The molecule has 0 saturated carbocycles. The van der Waals surface area contributed by atoms with Crippen LogP contribution in [0.25, 0.3) is 0 Å². The lowest BCUT2D eigenvalue weighted by Crippen LogP contribution is -2.31. The molecular weight excluding hydrogens is 262 g/mol. The molecule has 0 fully saturated rings. The molecule has 21 heavy (non-hydrogen) atoms. The Morgan fingerprint density at radius 3 is 2.81 bits per heavy atom. The molecule has 0 spiro atoms. The van der Waals surface area contributed by atoms with E-state index in [9.17, 15) is 0 Å². The highest BCUT2D eigenvalue weighted by Gasteiger charge is 2.14.